The molecule has 0 spiro atoms. The first-order chi connectivity index (χ1) is 11.1. The largest absolute Gasteiger partial charge is 0.302 e. The maximum Gasteiger partial charge on any atom is 0.191 e. The molecule has 3 nitrogen and oxygen atoms in total. The van der Waals surface area contributed by atoms with Gasteiger partial charge in [-0.1, -0.05) is 53.2 Å². The van der Waals surface area contributed by atoms with Crippen molar-refractivity contribution >= 4 is 34.7 Å². The molecule has 23 heavy (non-hydrogen) atoms. The zero-order valence-electron chi connectivity index (χ0n) is 13.3. The lowest BCUT2D eigenvalue weighted by molar-refractivity contribution is 0.688. The molecule has 120 valence electrons. The van der Waals surface area contributed by atoms with Crippen molar-refractivity contribution in [3.63, 3.8) is 0 Å². The van der Waals surface area contributed by atoms with Gasteiger partial charge in [-0.25, -0.2) is 0 Å². The molecule has 2 aromatic heterocycles. The second kappa shape index (κ2) is 7.07. The summed E-state index contributed by atoms with van der Waals surface area (Å²) in [6.07, 6.45) is 0. The second-order valence-corrected chi connectivity index (χ2v) is 7.59. The van der Waals surface area contributed by atoms with Crippen molar-refractivity contribution in [1.29, 1.82) is 0 Å². The minimum Gasteiger partial charge on any atom is -0.302 e. The maximum absolute atomic E-state index is 6.39. The van der Waals surface area contributed by atoms with Gasteiger partial charge in [-0.2, -0.15) is 0 Å². The molecule has 1 aromatic carbocycles. The molecule has 0 saturated heterocycles. The summed E-state index contributed by atoms with van der Waals surface area (Å²) in [4.78, 5) is 1.00. The van der Waals surface area contributed by atoms with E-state index in [2.05, 4.69) is 58.3 Å². The van der Waals surface area contributed by atoms with E-state index in [1.54, 1.807) is 23.1 Å². The summed E-state index contributed by atoms with van der Waals surface area (Å²) >= 11 is 9.73. The van der Waals surface area contributed by atoms with Crippen LogP contribution in [0.15, 0.2) is 34.8 Å². The Kier molecular flexibility index (Phi) is 5.09. The highest BCUT2D eigenvalue weighted by Crippen LogP contribution is 2.37. The van der Waals surface area contributed by atoms with Gasteiger partial charge in [0, 0.05) is 12.3 Å². The first-order valence-corrected chi connectivity index (χ1v) is 9.70. The smallest absolute Gasteiger partial charge is 0.191 e. The molecule has 0 aliphatic carbocycles. The first kappa shape index (κ1) is 16.6. The van der Waals surface area contributed by atoms with Crippen LogP contribution >= 0.6 is 34.7 Å². The van der Waals surface area contributed by atoms with Crippen LogP contribution in [0.3, 0.4) is 0 Å². The highest BCUT2D eigenvalue weighted by atomic mass is 35.5. The van der Waals surface area contributed by atoms with Crippen molar-refractivity contribution in [2.75, 3.05) is 0 Å². The Morgan fingerprint density at radius 2 is 1.91 bits per heavy atom. The molecular weight excluding hydrogens is 346 g/mol. The van der Waals surface area contributed by atoms with Crippen molar-refractivity contribution in [2.24, 2.45) is 0 Å². The zero-order chi connectivity index (χ0) is 16.4. The van der Waals surface area contributed by atoms with Gasteiger partial charge in [0.1, 0.15) is 0 Å². The third-order valence-corrected chi connectivity index (χ3v) is 6.35. The molecule has 0 atom stereocenters. The molecule has 2 heterocycles. The monoisotopic (exact) mass is 363 g/mol. The molecule has 6 heteroatoms. The fourth-order valence-corrected chi connectivity index (χ4v) is 4.49. The van der Waals surface area contributed by atoms with Crippen LogP contribution in [0.25, 0.3) is 10.7 Å². The topological polar surface area (TPSA) is 30.7 Å². The molecule has 3 aromatic rings. The van der Waals surface area contributed by atoms with E-state index >= 15 is 0 Å². The first-order valence-electron chi connectivity index (χ1n) is 7.45. The third-order valence-electron chi connectivity index (χ3n) is 3.62. The van der Waals surface area contributed by atoms with Crippen molar-refractivity contribution in [1.82, 2.24) is 14.8 Å². The van der Waals surface area contributed by atoms with Gasteiger partial charge in [-0.3, -0.25) is 0 Å². The zero-order valence-corrected chi connectivity index (χ0v) is 15.7. The summed E-state index contributed by atoms with van der Waals surface area (Å²) in [7, 11) is 0. The number of thioether (sulfide) groups is 1. The molecular formula is C17H18ClN3S2. The standard InChI is InChI=1S/C17H18ClN3S2/c1-4-21-16(15-14(18)12(3)9-22-15)19-20-17(21)23-10-13-7-5-11(2)6-8-13/h5-9H,4,10H2,1-3H3. The maximum atomic E-state index is 6.39. The quantitative estimate of drug-likeness (QED) is 0.553. The molecule has 0 aliphatic heterocycles. The lowest BCUT2D eigenvalue weighted by Crippen LogP contribution is -1.99. The Morgan fingerprint density at radius 3 is 2.52 bits per heavy atom. The molecule has 0 saturated carbocycles. The van der Waals surface area contributed by atoms with Crippen LogP contribution in [0.5, 0.6) is 0 Å². The van der Waals surface area contributed by atoms with Gasteiger partial charge < -0.3 is 4.57 Å². The highest BCUT2D eigenvalue weighted by Gasteiger charge is 2.18. The Balaban J connectivity index is 1.83. The van der Waals surface area contributed by atoms with E-state index in [-0.39, 0.29) is 0 Å². The lowest BCUT2D eigenvalue weighted by atomic mass is 10.2. The fraction of sp³-hybridized carbons (Fsp3) is 0.294. The summed E-state index contributed by atoms with van der Waals surface area (Å²) < 4.78 is 2.13. The number of aromatic nitrogens is 3. The van der Waals surface area contributed by atoms with E-state index in [9.17, 15) is 0 Å². The van der Waals surface area contributed by atoms with Gasteiger partial charge >= 0.3 is 0 Å². The van der Waals surface area contributed by atoms with Crippen LogP contribution in [0.2, 0.25) is 5.02 Å². The Morgan fingerprint density at radius 1 is 1.17 bits per heavy atom. The number of benzene rings is 1. The van der Waals surface area contributed by atoms with Crippen LogP contribution < -0.4 is 0 Å². The van der Waals surface area contributed by atoms with Crippen molar-refractivity contribution < 1.29 is 0 Å². The van der Waals surface area contributed by atoms with Crippen LogP contribution in [-0.2, 0) is 12.3 Å². The summed E-state index contributed by atoms with van der Waals surface area (Å²) in [5.74, 6) is 1.75. The Labute approximate surface area is 149 Å². The van der Waals surface area contributed by atoms with Crippen LogP contribution in [0, 0.1) is 13.8 Å². The number of thiophene rings is 1. The molecule has 0 radical (unpaired) electrons. The Bertz CT molecular complexity index is 806. The minimum absolute atomic E-state index is 0.784. The molecule has 0 bridgehead atoms. The molecule has 0 aliphatic rings. The number of rotatable bonds is 5. The van der Waals surface area contributed by atoms with E-state index in [0.29, 0.717) is 0 Å². The van der Waals surface area contributed by atoms with E-state index in [1.165, 1.54) is 11.1 Å². The van der Waals surface area contributed by atoms with Gasteiger partial charge in [0.05, 0.1) is 9.90 Å². The van der Waals surface area contributed by atoms with Gasteiger partial charge in [-0.05, 0) is 37.3 Å². The van der Waals surface area contributed by atoms with Gasteiger partial charge in [0.15, 0.2) is 11.0 Å². The van der Waals surface area contributed by atoms with E-state index in [4.69, 9.17) is 11.6 Å². The molecule has 3 rings (SSSR count). The summed E-state index contributed by atoms with van der Waals surface area (Å²) in [6.45, 7) is 7.05. The minimum atomic E-state index is 0.784. The van der Waals surface area contributed by atoms with Gasteiger partial charge in [-0.15, -0.1) is 21.5 Å². The molecule has 0 N–H and O–H groups in total. The van der Waals surface area contributed by atoms with E-state index in [0.717, 1.165) is 38.7 Å². The number of aryl methyl sites for hydroxylation is 2. The van der Waals surface area contributed by atoms with Crippen molar-refractivity contribution in [3.05, 3.63) is 51.4 Å². The normalized spacial score (nSPS) is 11.1. The molecule has 0 amide bonds. The molecule has 0 unspecified atom stereocenters. The van der Waals surface area contributed by atoms with E-state index < -0.39 is 0 Å². The van der Waals surface area contributed by atoms with Gasteiger partial charge in [0.2, 0.25) is 0 Å². The van der Waals surface area contributed by atoms with E-state index in [1.807, 2.05) is 6.92 Å². The van der Waals surface area contributed by atoms with Crippen LogP contribution in [0.4, 0.5) is 0 Å². The predicted molar refractivity (Wildman–Crippen MR) is 99.5 cm³/mol. The number of halogens is 1. The lowest BCUT2D eigenvalue weighted by Gasteiger charge is -2.07. The van der Waals surface area contributed by atoms with Crippen LogP contribution in [-0.4, -0.2) is 14.8 Å². The fourth-order valence-electron chi connectivity index (χ4n) is 2.26. The molecule has 0 fully saturated rings. The second-order valence-electron chi connectivity index (χ2n) is 5.39. The summed E-state index contributed by atoms with van der Waals surface area (Å²) in [6, 6.07) is 8.60. The third kappa shape index (κ3) is 3.47. The average molecular weight is 364 g/mol. The van der Waals surface area contributed by atoms with Crippen LogP contribution in [0.1, 0.15) is 23.6 Å². The predicted octanol–water partition coefficient (Wildman–Crippen LogP) is 5.59. The summed E-state index contributed by atoms with van der Waals surface area (Å²) in [5, 5.41) is 12.5. The number of hydrogen-bond donors (Lipinski definition) is 0. The summed E-state index contributed by atoms with van der Waals surface area (Å²) in [5.41, 5.74) is 3.66. The Hall–Kier alpha value is -1.30. The number of nitrogens with zero attached hydrogens (tertiary/aromatic N) is 3. The van der Waals surface area contributed by atoms with Crippen molar-refractivity contribution in [3.8, 4) is 10.7 Å². The average Bonchev–Trinajstić information content (AvgIpc) is 3.10. The highest BCUT2D eigenvalue weighted by molar-refractivity contribution is 7.98. The number of hydrogen-bond acceptors (Lipinski definition) is 4. The SMILES string of the molecule is CCn1c(SCc2ccc(C)cc2)nnc1-c1scc(C)c1Cl. The van der Waals surface area contributed by atoms with Gasteiger partial charge in [0.25, 0.3) is 0 Å². The van der Waals surface area contributed by atoms with Crippen molar-refractivity contribution in [2.45, 2.75) is 38.2 Å².